The Labute approximate surface area is 156 Å². The van der Waals surface area contributed by atoms with Crippen molar-refractivity contribution < 1.29 is 19.1 Å². The number of carbonyl (C=O) groups is 2. The molecule has 0 spiro atoms. The summed E-state index contributed by atoms with van der Waals surface area (Å²) in [7, 11) is 5.03. The summed E-state index contributed by atoms with van der Waals surface area (Å²) >= 11 is 0. The minimum atomic E-state index is -0.225. The Morgan fingerprint density at radius 2 is 1.96 bits per heavy atom. The molecule has 0 saturated carbocycles. The molecule has 1 saturated heterocycles. The highest BCUT2D eigenvalue weighted by Gasteiger charge is 2.35. The molecule has 6 heteroatoms. The van der Waals surface area contributed by atoms with E-state index in [1.165, 1.54) is 0 Å². The van der Waals surface area contributed by atoms with Gasteiger partial charge in [-0.05, 0) is 30.0 Å². The molecule has 1 unspecified atom stereocenters. The van der Waals surface area contributed by atoms with Crippen LogP contribution in [0, 0.1) is 11.8 Å². The minimum absolute atomic E-state index is 0.0572. The molecule has 0 aliphatic carbocycles. The monoisotopic (exact) mass is 362 g/mol. The van der Waals surface area contributed by atoms with Crippen molar-refractivity contribution in [1.82, 2.24) is 9.80 Å². The third kappa shape index (κ3) is 4.90. The maximum Gasteiger partial charge on any atom is 0.227 e. The van der Waals surface area contributed by atoms with Gasteiger partial charge in [-0.1, -0.05) is 19.9 Å². The minimum Gasteiger partial charge on any atom is -0.493 e. The van der Waals surface area contributed by atoms with Crippen molar-refractivity contribution in [3.05, 3.63) is 23.8 Å². The summed E-state index contributed by atoms with van der Waals surface area (Å²) in [6.07, 6.45) is 1.03. The summed E-state index contributed by atoms with van der Waals surface area (Å²) in [5, 5.41) is 0. The summed E-state index contributed by atoms with van der Waals surface area (Å²) in [6.45, 7) is 5.99. The van der Waals surface area contributed by atoms with E-state index in [2.05, 4.69) is 13.8 Å². The van der Waals surface area contributed by atoms with Crippen LogP contribution < -0.4 is 9.47 Å². The van der Waals surface area contributed by atoms with Crippen LogP contribution in [-0.4, -0.2) is 62.5 Å². The number of amides is 2. The zero-order valence-electron chi connectivity index (χ0n) is 16.4. The zero-order valence-corrected chi connectivity index (χ0v) is 16.4. The van der Waals surface area contributed by atoms with Gasteiger partial charge in [-0.3, -0.25) is 9.59 Å². The summed E-state index contributed by atoms with van der Waals surface area (Å²) in [6, 6.07) is 5.77. The van der Waals surface area contributed by atoms with E-state index in [0.717, 1.165) is 18.5 Å². The second kappa shape index (κ2) is 8.92. The molecule has 1 atom stereocenters. The Morgan fingerprint density at radius 1 is 1.27 bits per heavy atom. The molecule has 0 radical (unpaired) electrons. The van der Waals surface area contributed by atoms with Gasteiger partial charge in [-0.2, -0.15) is 0 Å². The number of likely N-dealkylation sites (tertiary alicyclic amines) is 1. The molecular weight excluding hydrogens is 332 g/mol. The van der Waals surface area contributed by atoms with Crippen molar-refractivity contribution in [3.8, 4) is 11.5 Å². The van der Waals surface area contributed by atoms with Gasteiger partial charge in [0.15, 0.2) is 11.5 Å². The normalized spacial score (nSPS) is 16.9. The van der Waals surface area contributed by atoms with Gasteiger partial charge in [-0.25, -0.2) is 0 Å². The Morgan fingerprint density at radius 3 is 2.58 bits per heavy atom. The fourth-order valence-corrected chi connectivity index (χ4v) is 3.40. The number of ether oxygens (including phenoxy) is 2. The van der Waals surface area contributed by atoms with Crippen molar-refractivity contribution >= 4 is 11.8 Å². The van der Waals surface area contributed by atoms with Crippen LogP contribution in [0.2, 0.25) is 0 Å². The van der Waals surface area contributed by atoms with Crippen molar-refractivity contribution in [2.24, 2.45) is 11.8 Å². The Kier molecular flexibility index (Phi) is 6.89. The summed E-state index contributed by atoms with van der Waals surface area (Å²) in [5.41, 5.74) is 1.07. The summed E-state index contributed by atoms with van der Waals surface area (Å²) < 4.78 is 10.6. The molecule has 2 rings (SSSR count). The number of hydrogen-bond donors (Lipinski definition) is 0. The maximum absolute atomic E-state index is 12.5. The number of benzene rings is 1. The topological polar surface area (TPSA) is 59.1 Å². The summed E-state index contributed by atoms with van der Waals surface area (Å²) in [5.74, 6) is 1.69. The van der Waals surface area contributed by atoms with Gasteiger partial charge < -0.3 is 19.3 Å². The van der Waals surface area contributed by atoms with Crippen LogP contribution in [0.5, 0.6) is 11.5 Å². The lowest BCUT2D eigenvalue weighted by molar-refractivity contribution is -0.135. The second-order valence-electron chi connectivity index (χ2n) is 7.29. The molecule has 0 bridgehead atoms. The van der Waals surface area contributed by atoms with Crippen LogP contribution in [0.3, 0.4) is 0 Å². The summed E-state index contributed by atoms with van der Waals surface area (Å²) in [4.78, 5) is 28.4. The van der Waals surface area contributed by atoms with Crippen LogP contribution >= 0.6 is 0 Å². The first kappa shape index (κ1) is 20.1. The highest BCUT2D eigenvalue weighted by Crippen LogP contribution is 2.28. The molecule has 1 aromatic rings. The average molecular weight is 362 g/mol. The van der Waals surface area contributed by atoms with E-state index in [9.17, 15) is 9.59 Å². The molecule has 26 heavy (non-hydrogen) atoms. The molecular formula is C20H30N2O4. The van der Waals surface area contributed by atoms with Crippen molar-refractivity contribution in [3.63, 3.8) is 0 Å². The number of methoxy groups -OCH3 is 2. The van der Waals surface area contributed by atoms with Gasteiger partial charge in [0.2, 0.25) is 11.8 Å². The Hall–Kier alpha value is -2.24. The van der Waals surface area contributed by atoms with Crippen LogP contribution in [-0.2, 0) is 16.0 Å². The fraction of sp³-hybridized carbons (Fsp3) is 0.600. The van der Waals surface area contributed by atoms with Gasteiger partial charge in [0.05, 0.1) is 20.1 Å². The zero-order chi connectivity index (χ0) is 19.3. The molecule has 1 aliphatic rings. The maximum atomic E-state index is 12.5. The van der Waals surface area contributed by atoms with Crippen LogP contribution in [0.15, 0.2) is 18.2 Å². The predicted octanol–water partition coefficient (Wildman–Crippen LogP) is 2.21. The largest absolute Gasteiger partial charge is 0.493 e. The van der Waals surface area contributed by atoms with Gasteiger partial charge in [-0.15, -0.1) is 0 Å². The first-order valence-corrected chi connectivity index (χ1v) is 9.09. The van der Waals surface area contributed by atoms with E-state index in [1.54, 1.807) is 24.0 Å². The fourth-order valence-electron chi connectivity index (χ4n) is 3.40. The van der Waals surface area contributed by atoms with Crippen LogP contribution in [0.1, 0.15) is 25.8 Å². The highest BCUT2D eigenvalue weighted by atomic mass is 16.5. The third-order valence-corrected chi connectivity index (χ3v) is 4.70. The van der Waals surface area contributed by atoms with E-state index in [4.69, 9.17) is 9.47 Å². The number of carbonyl (C=O) groups excluding carboxylic acids is 2. The molecule has 1 aromatic carbocycles. The van der Waals surface area contributed by atoms with E-state index < -0.39 is 0 Å². The molecule has 0 aromatic heterocycles. The first-order valence-electron chi connectivity index (χ1n) is 9.09. The average Bonchev–Trinajstić information content (AvgIpc) is 2.99. The van der Waals surface area contributed by atoms with E-state index in [-0.39, 0.29) is 17.7 Å². The molecule has 1 heterocycles. The van der Waals surface area contributed by atoms with Crippen molar-refractivity contribution in [2.45, 2.75) is 26.7 Å². The standard InChI is InChI=1S/C20H30N2O4/c1-14(2)12-21(3)20(24)16-11-19(23)22(13-16)9-8-15-6-7-17(25-4)18(10-15)26-5/h6-7,10,14,16H,8-9,11-13H2,1-5H3. The lowest BCUT2D eigenvalue weighted by atomic mass is 10.1. The van der Waals surface area contributed by atoms with E-state index in [0.29, 0.717) is 36.9 Å². The molecule has 2 amide bonds. The van der Waals surface area contributed by atoms with Crippen LogP contribution in [0.4, 0.5) is 0 Å². The van der Waals surface area contributed by atoms with E-state index >= 15 is 0 Å². The van der Waals surface area contributed by atoms with Gasteiger partial charge in [0.25, 0.3) is 0 Å². The molecule has 1 fully saturated rings. The smallest absolute Gasteiger partial charge is 0.227 e. The molecule has 0 N–H and O–H groups in total. The number of hydrogen-bond acceptors (Lipinski definition) is 4. The quantitative estimate of drug-likeness (QED) is 0.711. The second-order valence-corrected chi connectivity index (χ2v) is 7.29. The van der Waals surface area contributed by atoms with Gasteiger partial charge >= 0.3 is 0 Å². The lowest BCUT2D eigenvalue weighted by Gasteiger charge is -2.23. The number of nitrogens with zero attached hydrogens (tertiary/aromatic N) is 2. The molecule has 1 aliphatic heterocycles. The van der Waals surface area contributed by atoms with Crippen molar-refractivity contribution in [2.75, 3.05) is 40.9 Å². The Bertz CT molecular complexity index is 645. The van der Waals surface area contributed by atoms with Crippen molar-refractivity contribution in [1.29, 1.82) is 0 Å². The van der Waals surface area contributed by atoms with Gasteiger partial charge in [0, 0.05) is 33.1 Å². The molecule has 6 nitrogen and oxygen atoms in total. The Balaban J connectivity index is 1.93. The van der Waals surface area contributed by atoms with Gasteiger partial charge in [0.1, 0.15) is 0 Å². The third-order valence-electron chi connectivity index (χ3n) is 4.70. The van der Waals surface area contributed by atoms with E-state index in [1.807, 2.05) is 25.2 Å². The predicted molar refractivity (Wildman–Crippen MR) is 100 cm³/mol. The lowest BCUT2D eigenvalue weighted by Crippen LogP contribution is -2.37. The highest BCUT2D eigenvalue weighted by molar-refractivity contribution is 5.89. The van der Waals surface area contributed by atoms with Crippen LogP contribution in [0.25, 0.3) is 0 Å². The number of rotatable bonds is 8. The molecule has 144 valence electrons. The SMILES string of the molecule is COc1ccc(CCN2CC(C(=O)N(C)CC(C)C)CC2=O)cc1OC. The first-order chi connectivity index (χ1) is 12.3.